The van der Waals surface area contributed by atoms with Gasteiger partial charge in [-0.3, -0.25) is 27.7 Å². The molecule has 0 spiro atoms. The number of nitrogens with two attached hydrogens (primary N) is 1. The molecule has 1 aromatic heterocycles. The topological polar surface area (TPSA) is 160 Å². The average molecular weight is 602 g/mol. The fourth-order valence-corrected chi connectivity index (χ4v) is 7.10. The molecule has 11 nitrogen and oxygen atoms in total. The van der Waals surface area contributed by atoms with E-state index in [1.54, 1.807) is 27.7 Å². The van der Waals surface area contributed by atoms with Gasteiger partial charge in [-0.25, -0.2) is 13.8 Å². The maximum absolute atomic E-state index is 15.0. The Hall–Kier alpha value is -0.930. The van der Waals surface area contributed by atoms with Gasteiger partial charge in [-0.05, 0) is 6.07 Å². The number of halogens is 1. The Morgan fingerprint density at radius 1 is 1.19 bits per heavy atom. The molecule has 210 valence electrons. The summed E-state index contributed by atoms with van der Waals surface area (Å²) in [5.74, 6) is -2.17. The van der Waals surface area contributed by atoms with E-state index in [4.69, 9.17) is 19.3 Å². The summed E-state index contributed by atoms with van der Waals surface area (Å²) in [6.07, 6.45) is -4.84. The van der Waals surface area contributed by atoms with Crippen molar-refractivity contribution >= 4 is 62.2 Å². The molecule has 3 N–H and O–H groups in total. The molecule has 2 rings (SSSR count). The summed E-state index contributed by atoms with van der Waals surface area (Å²) in [6, 6.07) is 1.31. The molecule has 0 bridgehead atoms. The molecular weight excluding hydrogens is 568 g/mol. The zero-order valence-corrected chi connectivity index (χ0v) is 24.3. The van der Waals surface area contributed by atoms with Crippen LogP contribution in [0.1, 0.15) is 33.1 Å². The zero-order valence-electron chi connectivity index (χ0n) is 20.8. The highest BCUT2D eigenvalue weighted by Gasteiger charge is 2.47. The lowest BCUT2D eigenvalue weighted by Gasteiger charge is -2.27. The number of alkyl halides is 1. The molecule has 0 unspecified atom stereocenters. The number of Topliss-reactive ketones (excluding diaryl/α,β-unsaturated/α-hetero) is 2. The third-order valence-corrected chi connectivity index (χ3v) is 9.12. The number of carbonyl (C=O) groups is 2. The van der Waals surface area contributed by atoms with Gasteiger partial charge in [0.1, 0.15) is 29.5 Å². The van der Waals surface area contributed by atoms with E-state index in [1.165, 1.54) is 12.3 Å². The molecule has 1 saturated heterocycles. The van der Waals surface area contributed by atoms with Gasteiger partial charge in [0.15, 0.2) is 17.7 Å². The van der Waals surface area contributed by atoms with Crippen molar-refractivity contribution in [3.63, 3.8) is 0 Å². The van der Waals surface area contributed by atoms with Crippen LogP contribution in [0.2, 0.25) is 0 Å². The van der Waals surface area contributed by atoms with Crippen molar-refractivity contribution < 1.29 is 37.2 Å². The first-order valence-electron chi connectivity index (χ1n) is 11.5. The number of phosphoric acid groups is 1. The van der Waals surface area contributed by atoms with E-state index in [-0.39, 0.29) is 17.3 Å². The number of thioether (sulfide) groups is 1. The van der Waals surface area contributed by atoms with Crippen molar-refractivity contribution in [2.24, 2.45) is 11.8 Å². The molecule has 1 aliphatic rings. The predicted molar refractivity (Wildman–Crippen MR) is 145 cm³/mol. The highest BCUT2D eigenvalue weighted by Crippen LogP contribution is 2.54. The van der Waals surface area contributed by atoms with Crippen LogP contribution >= 0.6 is 44.8 Å². The molecule has 1 aromatic rings. The number of hydrogen-bond donors (Lipinski definition) is 4. The van der Waals surface area contributed by atoms with Gasteiger partial charge in [-0.2, -0.15) is 30.2 Å². The molecule has 0 aliphatic carbocycles. The lowest BCUT2D eigenvalue weighted by molar-refractivity contribution is -0.131. The van der Waals surface area contributed by atoms with Crippen molar-refractivity contribution in [1.82, 2.24) is 9.55 Å². The summed E-state index contributed by atoms with van der Waals surface area (Å²) >= 11 is 9.04. The average Bonchev–Trinajstić information content (AvgIpc) is 3.12. The summed E-state index contributed by atoms with van der Waals surface area (Å²) in [4.78, 5) is 40.8. The van der Waals surface area contributed by atoms with Crippen LogP contribution in [-0.2, 0) is 27.7 Å². The van der Waals surface area contributed by atoms with Gasteiger partial charge in [-0.15, -0.1) is 11.8 Å². The second-order valence-corrected chi connectivity index (χ2v) is 12.6. The minimum absolute atomic E-state index is 0.0419. The van der Waals surface area contributed by atoms with E-state index in [2.05, 4.69) is 30.2 Å². The Bertz CT molecular complexity index is 1030. The second-order valence-electron chi connectivity index (χ2n) is 8.95. The van der Waals surface area contributed by atoms with E-state index in [0.717, 1.165) is 16.3 Å². The first-order chi connectivity index (χ1) is 17.2. The van der Waals surface area contributed by atoms with Gasteiger partial charge in [-0.1, -0.05) is 27.7 Å². The summed E-state index contributed by atoms with van der Waals surface area (Å²) in [6.45, 7) is 5.92. The number of ketones is 2. The third-order valence-electron chi connectivity index (χ3n) is 5.43. The normalized spacial score (nSPS) is 23.9. The molecule has 1 fully saturated rings. The maximum Gasteiger partial charge on any atom is 0.476 e. The van der Waals surface area contributed by atoms with Crippen molar-refractivity contribution in [3.05, 3.63) is 22.7 Å². The summed E-state index contributed by atoms with van der Waals surface area (Å²) in [7, 11) is -4.64. The largest absolute Gasteiger partial charge is 0.476 e. The number of phosphoric ester groups is 1. The van der Waals surface area contributed by atoms with Crippen molar-refractivity contribution in [1.29, 1.82) is 0 Å². The van der Waals surface area contributed by atoms with Gasteiger partial charge in [0.05, 0.1) is 11.9 Å². The summed E-state index contributed by atoms with van der Waals surface area (Å²) < 4.78 is 46.0. The number of aliphatic hydroxyl groups excluding tert-OH is 1. The highest BCUT2D eigenvalue weighted by molar-refractivity contribution is 8.00. The molecule has 0 amide bonds. The van der Waals surface area contributed by atoms with Crippen molar-refractivity contribution in [2.75, 3.05) is 23.8 Å². The SMILES string of the molecule is CC(C)C(=O)[C@@H](CS)OP(=O)(OC[C@H]1S[C@@H](n2ccc(N)nc2=O)[C@@H](F)[C@@H]1O)O[C@H](CS)C(=O)C(C)C. The first kappa shape index (κ1) is 32.3. The maximum atomic E-state index is 15.0. The zero-order chi connectivity index (χ0) is 28.1. The number of aromatic nitrogens is 2. The van der Waals surface area contributed by atoms with Crippen molar-refractivity contribution in [2.45, 2.75) is 62.8 Å². The minimum atomic E-state index is -4.64. The smallest absolute Gasteiger partial charge is 0.389 e. The summed E-state index contributed by atoms with van der Waals surface area (Å²) in [5, 5.41) is 8.29. The molecule has 0 radical (unpaired) electrons. The van der Waals surface area contributed by atoms with Crippen LogP contribution in [0, 0.1) is 11.8 Å². The monoisotopic (exact) mass is 601 g/mol. The van der Waals surface area contributed by atoms with Gasteiger partial charge in [0.2, 0.25) is 0 Å². The Morgan fingerprint density at radius 3 is 2.14 bits per heavy atom. The van der Waals surface area contributed by atoms with E-state index in [1.807, 2.05) is 0 Å². The van der Waals surface area contributed by atoms with Crippen LogP contribution in [0.5, 0.6) is 0 Å². The summed E-state index contributed by atoms with van der Waals surface area (Å²) in [5.41, 5.74) is 4.67. The molecular formula is C21H33FN3O8PS3. The van der Waals surface area contributed by atoms with E-state index < -0.39 is 78.6 Å². The number of aliphatic hydroxyl groups is 1. The van der Waals surface area contributed by atoms with Crippen LogP contribution in [0.4, 0.5) is 10.2 Å². The molecule has 0 aromatic carbocycles. The van der Waals surface area contributed by atoms with Crippen LogP contribution in [0.3, 0.4) is 0 Å². The lowest BCUT2D eigenvalue weighted by atomic mass is 10.1. The van der Waals surface area contributed by atoms with Crippen molar-refractivity contribution in [3.8, 4) is 0 Å². The quantitative estimate of drug-likeness (QED) is 0.183. The van der Waals surface area contributed by atoms with Crippen LogP contribution in [0.15, 0.2) is 17.1 Å². The van der Waals surface area contributed by atoms with E-state index in [0.29, 0.717) is 0 Å². The molecule has 1 aliphatic heterocycles. The van der Waals surface area contributed by atoms with Crippen LogP contribution in [-0.4, -0.2) is 74.1 Å². The molecule has 0 saturated carbocycles. The van der Waals surface area contributed by atoms with E-state index in [9.17, 15) is 28.4 Å². The Kier molecular flexibility index (Phi) is 12.1. The standard InChI is InChI=1S/C21H33FN3O8PS3/c1-10(2)17(26)12(8-35)32-34(30,33-13(9-36)18(27)11(3)4)31-7-14-19(28)16(22)20(37-14)25-6-5-15(23)24-21(25)29/h5-6,10-14,16,19-20,28,35-36H,7-9H2,1-4H3,(H2,23,24,29)/t12-,13-,14-,16+,19-,20-/m1/s1. The van der Waals surface area contributed by atoms with Gasteiger partial charge < -0.3 is 10.8 Å². The number of thiol groups is 2. The van der Waals surface area contributed by atoms with Gasteiger partial charge >= 0.3 is 13.5 Å². The van der Waals surface area contributed by atoms with Gasteiger partial charge in [0, 0.05) is 29.5 Å². The molecule has 2 heterocycles. The van der Waals surface area contributed by atoms with Gasteiger partial charge in [0.25, 0.3) is 0 Å². The number of anilines is 1. The second kappa shape index (κ2) is 13.9. The predicted octanol–water partition coefficient (Wildman–Crippen LogP) is 2.34. The Labute approximate surface area is 229 Å². The number of nitrogen functional groups attached to an aromatic ring is 1. The Balaban J connectivity index is 2.28. The number of carbonyl (C=O) groups excluding carboxylic acids is 2. The minimum Gasteiger partial charge on any atom is -0.389 e. The molecule has 37 heavy (non-hydrogen) atoms. The number of nitrogens with zero attached hydrogens (tertiary/aromatic N) is 2. The van der Waals surface area contributed by atoms with E-state index >= 15 is 0 Å². The third kappa shape index (κ3) is 8.28. The lowest BCUT2D eigenvalue weighted by Crippen LogP contribution is -2.35. The first-order valence-corrected chi connectivity index (χ1v) is 15.1. The number of hydrogen-bond acceptors (Lipinski definition) is 13. The Morgan fingerprint density at radius 2 is 1.70 bits per heavy atom. The fourth-order valence-electron chi connectivity index (χ4n) is 3.34. The molecule has 6 atom stereocenters. The number of rotatable bonds is 14. The van der Waals surface area contributed by atoms with Crippen LogP contribution in [0.25, 0.3) is 0 Å². The van der Waals surface area contributed by atoms with Crippen LogP contribution < -0.4 is 11.4 Å². The fraction of sp³-hybridized carbons (Fsp3) is 0.714. The molecule has 16 heteroatoms. The highest BCUT2D eigenvalue weighted by atomic mass is 32.2.